The molecule has 1 aliphatic rings. The topological polar surface area (TPSA) is 70.6 Å². The number of halogens is 1. The zero-order valence-corrected chi connectivity index (χ0v) is 18.5. The summed E-state index contributed by atoms with van der Waals surface area (Å²) in [5.74, 6) is 0.0615. The summed E-state index contributed by atoms with van der Waals surface area (Å²) in [6.07, 6.45) is 2.65. The Morgan fingerprint density at radius 2 is 2.13 bits per heavy atom. The first-order chi connectivity index (χ1) is 14.5. The van der Waals surface area contributed by atoms with Gasteiger partial charge in [-0.25, -0.2) is 4.79 Å². The van der Waals surface area contributed by atoms with Crippen LogP contribution in [0, 0.1) is 12.8 Å². The van der Waals surface area contributed by atoms with Crippen LogP contribution in [0.4, 0.5) is 4.79 Å². The van der Waals surface area contributed by atoms with Gasteiger partial charge in [-0.05, 0) is 56.3 Å². The molecular weight excluding hydrogens is 400 g/mol. The summed E-state index contributed by atoms with van der Waals surface area (Å²) in [7, 11) is 1.35. The molecule has 5 nitrogen and oxygen atoms in total. The van der Waals surface area contributed by atoms with Gasteiger partial charge < -0.3 is 20.5 Å². The second kappa shape index (κ2) is 10.3. The van der Waals surface area contributed by atoms with Crippen LogP contribution in [0.3, 0.4) is 0 Å². The summed E-state index contributed by atoms with van der Waals surface area (Å²) >= 11 is 6.68. The number of nitrogens with one attached hydrogen (secondary N) is 2. The first kappa shape index (κ1) is 22.6. The molecule has 2 atom stereocenters. The van der Waals surface area contributed by atoms with E-state index in [0.717, 1.165) is 48.2 Å². The summed E-state index contributed by atoms with van der Waals surface area (Å²) in [5.41, 5.74) is 2.83. The van der Waals surface area contributed by atoms with E-state index in [1.54, 1.807) is 0 Å². The number of carbonyl (C=O) groups is 1. The summed E-state index contributed by atoms with van der Waals surface area (Å²) in [6.45, 7) is 4.21. The van der Waals surface area contributed by atoms with Gasteiger partial charge in [-0.2, -0.15) is 0 Å². The van der Waals surface area contributed by atoms with Crippen LogP contribution < -0.4 is 10.6 Å². The fourth-order valence-electron chi connectivity index (χ4n) is 4.42. The zero-order chi connectivity index (χ0) is 21.6. The predicted molar refractivity (Wildman–Crippen MR) is 121 cm³/mol. The third-order valence-corrected chi connectivity index (χ3v) is 6.26. The molecule has 2 unspecified atom stereocenters. The van der Waals surface area contributed by atoms with Crippen LogP contribution in [0.25, 0.3) is 11.1 Å². The Morgan fingerprint density at radius 1 is 1.33 bits per heavy atom. The van der Waals surface area contributed by atoms with E-state index in [0.29, 0.717) is 24.4 Å². The number of aryl methyl sites for hydroxylation is 1. The standard InChI is InChI=1S/C24H31ClN2O3/c1-17-7-3-8-18(15-17)22-20(10-4-11-21(22)25)24(29,19-9-5-13-26-16-19)12-6-14-27-23(28)30-2/h3-4,7-8,10-11,15,19,26,29H,5-6,9,12-14,16H2,1-2H3,(H,27,28). The third kappa shape index (κ3) is 5.15. The van der Waals surface area contributed by atoms with E-state index in [1.165, 1.54) is 7.11 Å². The van der Waals surface area contributed by atoms with Gasteiger partial charge in [0.05, 0.1) is 12.7 Å². The molecule has 3 N–H and O–H groups in total. The smallest absolute Gasteiger partial charge is 0.406 e. The van der Waals surface area contributed by atoms with Crippen LogP contribution in [-0.4, -0.2) is 37.9 Å². The first-order valence-electron chi connectivity index (χ1n) is 10.6. The molecule has 6 heteroatoms. The number of piperidine rings is 1. The molecule has 1 aliphatic heterocycles. The molecule has 1 amide bonds. The number of rotatable bonds is 7. The molecule has 30 heavy (non-hydrogen) atoms. The molecule has 0 saturated carbocycles. The fourth-order valence-corrected chi connectivity index (χ4v) is 4.70. The van der Waals surface area contributed by atoms with Gasteiger partial charge in [-0.1, -0.05) is 53.6 Å². The molecule has 0 bridgehead atoms. The second-order valence-electron chi connectivity index (χ2n) is 8.02. The van der Waals surface area contributed by atoms with Gasteiger partial charge in [0.15, 0.2) is 0 Å². The molecule has 1 fully saturated rings. The van der Waals surface area contributed by atoms with Gasteiger partial charge in [0.2, 0.25) is 0 Å². The van der Waals surface area contributed by atoms with Crippen LogP contribution in [0.1, 0.15) is 36.8 Å². The average Bonchev–Trinajstić information content (AvgIpc) is 2.76. The van der Waals surface area contributed by atoms with Crippen molar-refractivity contribution < 1.29 is 14.6 Å². The van der Waals surface area contributed by atoms with E-state index in [9.17, 15) is 9.90 Å². The zero-order valence-electron chi connectivity index (χ0n) is 17.7. The van der Waals surface area contributed by atoms with E-state index < -0.39 is 11.7 Å². The number of aliphatic hydroxyl groups is 1. The monoisotopic (exact) mass is 430 g/mol. The predicted octanol–water partition coefficient (Wildman–Crippen LogP) is 4.64. The molecule has 3 rings (SSSR count). The highest BCUT2D eigenvalue weighted by Gasteiger charge is 2.40. The minimum Gasteiger partial charge on any atom is -0.453 e. The summed E-state index contributed by atoms with van der Waals surface area (Å²) in [4.78, 5) is 11.4. The third-order valence-electron chi connectivity index (χ3n) is 5.95. The second-order valence-corrected chi connectivity index (χ2v) is 8.43. The van der Waals surface area contributed by atoms with Crippen molar-refractivity contribution in [3.63, 3.8) is 0 Å². The van der Waals surface area contributed by atoms with E-state index in [1.807, 2.05) is 30.3 Å². The first-order valence-corrected chi connectivity index (χ1v) is 10.9. The highest BCUT2D eigenvalue weighted by Crippen LogP contribution is 2.44. The molecule has 0 aliphatic carbocycles. The Hall–Kier alpha value is -2.08. The Kier molecular flexibility index (Phi) is 7.75. The number of benzene rings is 2. The van der Waals surface area contributed by atoms with Gasteiger partial charge in [-0.3, -0.25) is 0 Å². The lowest BCUT2D eigenvalue weighted by molar-refractivity contribution is -0.0415. The van der Waals surface area contributed by atoms with E-state index in [2.05, 4.69) is 34.4 Å². The largest absolute Gasteiger partial charge is 0.453 e. The number of alkyl carbamates (subject to hydrolysis) is 1. The van der Waals surface area contributed by atoms with Crippen LogP contribution in [0.2, 0.25) is 5.02 Å². The highest BCUT2D eigenvalue weighted by atomic mass is 35.5. The maximum absolute atomic E-state index is 12.1. The van der Waals surface area contributed by atoms with Crippen LogP contribution in [-0.2, 0) is 10.3 Å². The summed E-state index contributed by atoms with van der Waals surface area (Å²) < 4.78 is 4.65. The maximum atomic E-state index is 12.1. The Labute approximate surface area is 183 Å². The van der Waals surface area contributed by atoms with E-state index in [4.69, 9.17) is 11.6 Å². The fraction of sp³-hybridized carbons (Fsp3) is 0.458. The van der Waals surface area contributed by atoms with E-state index >= 15 is 0 Å². The van der Waals surface area contributed by atoms with Gasteiger partial charge in [0.25, 0.3) is 0 Å². The lowest BCUT2D eigenvalue weighted by Gasteiger charge is -2.40. The van der Waals surface area contributed by atoms with Gasteiger partial charge >= 0.3 is 6.09 Å². The van der Waals surface area contributed by atoms with Crippen molar-refractivity contribution >= 4 is 17.7 Å². The molecular formula is C24H31ClN2O3. The van der Waals surface area contributed by atoms with Crippen molar-refractivity contribution in [2.24, 2.45) is 5.92 Å². The molecule has 0 radical (unpaired) electrons. The number of amides is 1. The molecule has 0 spiro atoms. The maximum Gasteiger partial charge on any atom is 0.406 e. The van der Waals surface area contributed by atoms with Crippen molar-refractivity contribution in [1.82, 2.24) is 10.6 Å². The van der Waals surface area contributed by atoms with Crippen molar-refractivity contribution in [1.29, 1.82) is 0 Å². The minimum atomic E-state index is -1.06. The minimum absolute atomic E-state index is 0.0615. The number of hydrogen-bond donors (Lipinski definition) is 3. The summed E-state index contributed by atoms with van der Waals surface area (Å²) in [5, 5.41) is 18.9. The lowest BCUT2D eigenvalue weighted by Crippen LogP contribution is -2.45. The molecule has 0 aromatic heterocycles. The van der Waals surface area contributed by atoms with Crippen LogP contribution in [0.5, 0.6) is 0 Å². The normalized spacial score (nSPS) is 18.5. The Morgan fingerprint density at radius 3 is 2.83 bits per heavy atom. The van der Waals surface area contributed by atoms with Crippen molar-refractivity contribution in [2.45, 2.75) is 38.2 Å². The number of carbonyl (C=O) groups excluding carboxylic acids is 1. The van der Waals surface area contributed by atoms with Crippen molar-refractivity contribution in [3.8, 4) is 11.1 Å². The van der Waals surface area contributed by atoms with Gasteiger partial charge in [0, 0.05) is 29.6 Å². The van der Waals surface area contributed by atoms with Crippen molar-refractivity contribution in [2.75, 3.05) is 26.7 Å². The number of ether oxygens (including phenoxy) is 1. The average molecular weight is 431 g/mol. The van der Waals surface area contributed by atoms with Gasteiger partial charge in [-0.15, -0.1) is 0 Å². The quantitative estimate of drug-likeness (QED) is 0.559. The lowest BCUT2D eigenvalue weighted by atomic mass is 9.72. The van der Waals surface area contributed by atoms with Crippen LogP contribution in [0.15, 0.2) is 42.5 Å². The molecule has 2 aromatic rings. The molecule has 2 aromatic carbocycles. The highest BCUT2D eigenvalue weighted by molar-refractivity contribution is 6.33. The Balaban J connectivity index is 1.99. The Bertz CT molecular complexity index is 867. The molecule has 1 saturated heterocycles. The number of hydrogen-bond acceptors (Lipinski definition) is 4. The number of methoxy groups -OCH3 is 1. The van der Waals surface area contributed by atoms with Crippen molar-refractivity contribution in [3.05, 3.63) is 58.6 Å². The summed E-state index contributed by atoms with van der Waals surface area (Å²) in [6, 6.07) is 14.0. The van der Waals surface area contributed by atoms with E-state index in [-0.39, 0.29) is 5.92 Å². The van der Waals surface area contributed by atoms with Crippen LogP contribution >= 0.6 is 11.6 Å². The molecule has 1 heterocycles. The molecule has 162 valence electrons. The van der Waals surface area contributed by atoms with Gasteiger partial charge in [0.1, 0.15) is 0 Å². The SMILES string of the molecule is COC(=O)NCCCC(O)(c1cccc(Cl)c1-c1cccc(C)c1)C1CCCNC1.